The molecule has 0 aliphatic rings. The Bertz CT molecular complexity index is 1360. The van der Waals surface area contributed by atoms with Gasteiger partial charge in [-0.3, -0.25) is 14.4 Å². The number of fused-ring (bicyclic) bond motifs is 1. The maximum Gasteiger partial charge on any atom is 0.433 e. The van der Waals surface area contributed by atoms with Gasteiger partial charge in [-0.2, -0.15) is 23.4 Å². The molecule has 0 fully saturated rings. The van der Waals surface area contributed by atoms with E-state index in [1.807, 2.05) is 0 Å². The van der Waals surface area contributed by atoms with Gasteiger partial charge < -0.3 is 0 Å². The number of nitrogens with one attached hydrogen (secondary N) is 1. The summed E-state index contributed by atoms with van der Waals surface area (Å²) in [6.07, 6.45) is -0.327. The van der Waals surface area contributed by atoms with Crippen molar-refractivity contribution in [3.8, 4) is 5.69 Å². The van der Waals surface area contributed by atoms with Gasteiger partial charge in [0.25, 0.3) is 10.0 Å². The first-order valence-corrected chi connectivity index (χ1v) is 9.75. The van der Waals surface area contributed by atoms with Crippen LogP contribution in [0.25, 0.3) is 16.6 Å². The molecule has 0 aliphatic heterocycles. The average Bonchev–Trinajstić information content (AvgIpc) is 3.29. The summed E-state index contributed by atoms with van der Waals surface area (Å²) < 4.78 is 82.5. The van der Waals surface area contributed by atoms with Crippen LogP contribution in [0.4, 0.5) is 23.2 Å². The molecule has 0 saturated carbocycles. The van der Waals surface area contributed by atoms with Gasteiger partial charge in [0.1, 0.15) is 16.4 Å². The van der Waals surface area contributed by atoms with Crippen molar-refractivity contribution >= 4 is 26.6 Å². The molecule has 1 N–H and O–H groups in total. The molecule has 30 heavy (non-hydrogen) atoms. The lowest BCUT2D eigenvalue weighted by Gasteiger charge is -2.09. The second-order valence-electron chi connectivity index (χ2n) is 6.28. The summed E-state index contributed by atoms with van der Waals surface area (Å²) in [6.45, 7) is 0. The first kappa shape index (κ1) is 19.8. The standard InChI is InChI=1S/C17H12F4N6O2S/c1-26-16-10(7-23-26)4-11(18)5-14(16)25-30(28,29)13-8-24-27(9-13)12-2-3-22-15(6-12)17(19,20)21/h2-9,25H,1H3. The number of alkyl halides is 3. The largest absolute Gasteiger partial charge is 0.433 e. The Morgan fingerprint density at radius 1 is 1.10 bits per heavy atom. The van der Waals surface area contributed by atoms with Crippen LogP contribution in [-0.2, 0) is 23.2 Å². The number of aryl methyl sites for hydroxylation is 1. The zero-order valence-corrected chi connectivity index (χ0v) is 15.9. The molecule has 0 spiro atoms. The third-order valence-corrected chi connectivity index (χ3v) is 5.53. The van der Waals surface area contributed by atoms with E-state index >= 15 is 0 Å². The molecule has 4 rings (SSSR count). The maximum atomic E-state index is 13.9. The minimum atomic E-state index is -4.66. The van der Waals surface area contributed by atoms with E-state index in [-0.39, 0.29) is 16.3 Å². The monoisotopic (exact) mass is 440 g/mol. The number of hydrogen-bond donors (Lipinski definition) is 1. The number of pyridine rings is 1. The number of halogens is 4. The van der Waals surface area contributed by atoms with E-state index in [0.29, 0.717) is 10.9 Å². The topological polar surface area (TPSA) is 94.7 Å². The Kier molecular flexibility index (Phi) is 4.49. The van der Waals surface area contributed by atoms with Crippen molar-refractivity contribution in [3.63, 3.8) is 0 Å². The van der Waals surface area contributed by atoms with E-state index in [1.165, 1.54) is 23.0 Å². The molecule has 0 amide bonds. The number of aromatic nitrogens is 5. The Morgan fingerprint density at radius 3 is 2.60 bits per heavy atom. The first-order valence-electron chi connectivity index (χ1n) is 8.27. The highest BCUT2D eigenvalue weighted by Crippen LogP contribution is 2.29. The molecule has 0 unspecified atom stereocenters. The Labute approximate surface area is 166 Å². The Hall–Kier alpha value is -3.48. The lowest BCUT2D eigenvalue weighted by atomic mass is 10.2. The van der Waals surface area contributed by atoms with Crippen LogP contribution in [0.15, 0.2) is 53.9 Å². The van der Waals surface area contributed by atoms with Gasteiger partial charge in [0, 0.05) is 24.7 Å². The number of benzene rings is 1. The fourth-order valence-corrected chi connectivity index (χ4v) is 3.86. The van der Waals surface area contributed by atoms with Gasteiger partial charge in [0.05, 0.1) is 35.5 Å². The molecule has 0 aliphatic carbocycles. The van der Waals surface area contributed by atoms with Crippen LogP contribution in [0.1, 0.15) is 5.69 Å². The minimum Gasteiger partial charge on any atom is -0.277 e. The molecule has 8 nitrogen and oxygen atoms in total. The van der Waals surface area contributed by atoms with E-state index in [2.05, 4.69) is 19.9 Å². The van der Waals surface area contributed by atoms with Crippen molar-refractivity contribution in [2.24, 2.45) is 7.05 Å². The normalized spacial score (nSPS) is 12.4. The van der Waals surface area contributed by atoms with Crippen LogP contribution in [0.2, 0.25) is 0 Å². The Balaban J connectivity index is 1.70. The molecule has 4 aromatic rings. The summed E-state index contributed by atoms with van der Waals surface area (Å²) in [4.78, 5) is 2.92. The molecule has 13 heteroatoms. The summed E-state index contributed by atoms with van der Waals surface area (Å²) in [5.41, 5.74) is -0.854. The predicted octanol–water partition coefficient (Wildman–Crippen LogP) is 3.11. The van der Waals surface area contributed by atoms with Gasteiger partial charge >= 0.3 is 6.18 Å². The highest BCUT2D eigenvalue weighted by Gasteiger charge is 2.32. The average molecular weight is 440 g/mol. The number of anilines is 1. The number of sulfonamides is 1. The number of rotatable bonds is 4. The van der Waals surface area contributed by atoms with Crippen LogP contribution in [0.3, 0.4) is 0 Å². The van der Waals surface area contributed by atoms with Crippen molar-refractivity contribution in [2.45, 2.75) is 11.1 Å². The van der Waals surface area contributed by atoms with Gasteiger partial charge in [0.15, 0.2) is 0 Å². The summed E-state index contributed by atoms with van der Waals surface area (Å²) in [6, 6.07) is 4.20. The second kappa shape index (κ2) is 6.79. The van der Waals surface area contributed by atoms with Crippen molar-refractivity contribution in [3.05, 3.63) is 60.6 Å². The SMILES string of the molecule is Cn1ncc2cc(F)cc(NS(=O)(=O)c3cnn(-c4ccnc(C(F)(F)F)c4)c3)c21. The molecule has 0 atom stereocenters. The molecule has 0 radical (unpaired) electrons. The van der Waals surface area contributed by atoms with Crippen LogP contribution < -0.4 is 4.72 Å². The van der Waals surface area contributed by atoms with E-state index in [1.54, 1.807) is 7.05 Å². The van der Waals surface area contributed by atoms with Gasteiger partial charge in [0.2, 0.25) is 0 Å². The summed E-state index contributed by atoms with van der Waals surface area (Å²) in [7, 11) is -2.65. The molecule has 0 bridgehead atoms. The fourth-order valence-electron chi connectivity index (χ4n) is 2.87. The van der Waals surface area contributed by atoms with Crippen LogP contribution in [-0.4, -0.2) is 33.0 Å². The van der Waals surface area contributed by atoms with Crippen molar-refractivity contribution in [2.75, 3.05) is 4.72 Å². The Morgan fingerprint density at radius 2 is 1.87 bits per heavy atom. The van der Waals surface area contributed by atoms with Crippen molar-refractivity contribution < 1.29 is 26.0 Å². The van der Waals surface area contributed by atoms with Gasteiger partial charge in [-0.25, -0.2) is 17.5 Å². The molecule has 3 aromatic heterocycles. The number of nitrogens with zero attached hydrogens (tertiary/aromatic N) is 5. The molecular formula is C17H12F4N6O2S. The second-order valence-corrected chi connectivity index (χ2v) is 7.96. The summed E-state index contributed by atoms with van der Waals surface area (Å²) in [5, 5.41) is 8.18. The third kappa shape index (κ3) is 3.58. The van der Waals surface area contributed by atoms with E-state index in [9.17, 15) is 26.0 Å². The zero-order valence-electron chi connectivity index (χ0n) is 15.1. The minimum absolute atomic E-state index is 0.0291. The fraction of sp³-hybridized carbons (Fsp3) is 0.118. The molecule has 1 aromatic carbocycles. The van der Waals surface area contributed by atoms with Crippen LogP contribution >= 0.6 is 0 Å². The number of hydrogen-bond acceptors (Lipinski definition) is 5. The van der Waals surface area contributed by atoms with E-state index < -0.39 is 27.7 Å². The van der Waals surface area contributed by atoms with Gasteiger partial charge in [-0.15, -0.1) is 0 Å². The van der Waals surface area contributed by atoms with Crippen LogP contribution in [0.5, 0.6) is 0 Å². The maximum absolute atomic E-state index is 13.9. The predicted molar refractivity (Wildman–Crippen MR) is 97.8 cm³/mol. The lowest BCUT2D eigenvalue weighted by molar-refractivity contribution is -0.141. The molecule has 0 saturated heterocycles. The lowest BCUT2D eigenvalue weighted by Crippen LogP contribution is -2.13. The highest BCUT2D eigenvalue weighted by atomic mass is 32.2. The van der Waals surface area contributed by atoms with Crippen molar-refractivity contribution in [1.29, 1.82) is 0 Å². The van der Waals surface area contributed by atoms with Gasteiger partial charge in [-0.05, 0) is 18.2 Å². The summed E-state index contributed by atoms with van der Waals surface area (Å²) in [5.74, 6) is -0.666. The van der Waals surface area contributed by atoms with Crippen molar-refractivity contribution in [1.82, 2.24) is 24.5 Å². The summed E-state index contributed by atoms with van der Waals surface area (Å²) >= 11 is 0. The third-order valence-electron chi connectivity index (χ3n) is 4.21. The zero-order chi connectivity index (χ0) is 21.7. The van der Waals surface area contributed by atoms with Crippen LogP contribution in [0, 0.1) is 5.82 Å². The molecule has 156 valence electrons. The van der Waals surface area contributed by atoms with E-state index in [0.717, 1.165) is 35.4 Å². The highest BCUT2D eigenvalue weighted by molar-refractivity contribution is 7.92. The molecule has 3 heterocycles. The van der Waals surface area contributed by atoms with E-state index in [4.69, 9.17) is 0 Å². The van der Waals surface area contributed by atoms with Gasteiger partial charge in [-0.1, -0.05) is 0 Å². The smallest absolute Gasteiger partial charge is 0.277 e. The molecular weight excluding hydrogens is 428 g/mol. The quantitative estimate of drug-likeness (QED) is 0.492. The first-order chi connectivity index (χ1) is 14.0.